The van der Waals surface area contributed by atoms with Crippen LogP contribution in [-0.4, -0.2) is 44.4 Å². The minimum Gasteiger partial charge on any atom is -0.330 e. The van der Waals surface area contributed by atoms with Crippen LogP contribution in [0.5, 0.6) is 0 Å². The van der Waals surface area contributed by atoms with E-state index in [2.05, 4.69) is 16.3 Å². The van der Waals surface area contributed by atoms with Crippen LogP contribution in [0.15, 0.2) is 42.7 Å². The van der Waals surface area contributed by atoms with E-state index in [4.69, 9.17) is 5.73 Å². The number of pyridine rings is 1. The summed E-state index contributed by atoms with van der Waals surface area (Å²) >= 11 is 1.73. The Hall–Kier alpha value is -2.71. The van der Waals surface area contributed by atoms with Crippen LogP contribution in [0.2, 0.25) is 0 Å². The molecule has 1 aromatic carbocycles. The first-order valence-electron chi connectivity index (χ1n) is 9.76. The second-order valence-electron chi connectivity index (χ2n) is 7.46. The van der Waals surface area contributed by atoms with Gasteiger partial charge >= 0.3 is 0 Å². The van der Waals surface area contributed by atoms with Gasteiger partial charge in [0.15, 0.2) is 0 Å². The summed E-state index contributed by atoms with van der Waals surface area (Å²) in [7, 11) is 1.90. The fourth-order valence-corrected chi connectivity index (χ4v) is 4.51. The Labute approximate surface area is 179 Å². The number of rotatable bonds is 7. The Bertz CT molecular complexity index is 1080. The van der Waals surface area contributed by atoms with Crippen LogP contribution in [-0.2, 0) is 25.8 Å². The van der Waals surface area contributed by atoms with Crippen LogP contribution in [0.25, 0.3) is 11.4 Å². The third kappa shape index (κ3) is 3.85. The molecule has 6 nitrogen and oxygen atoms in total. The normalized spacial score (nSPS) is 14.3. The maximum Gasteiger partial charge on any atom is 0.256 e. The number of nitrogens with two attached hydrogens (primary N) is 1. The molecule has 0 saturated carbocycles. The van der Waals surface area contributed by atoms with Crippen molar-refractivity contribution in [3.63, 3.8) is 0 Å². The lowest BCUT2D eigenvalue weighted by atomic mass is 10.0. The van der Waals surface area contributed by atoms with Gasteiger partial charge in [0.05, 0.1) is 23.1 Å². The first-order chi connectivity index (χ1) is 14.5. The summed E-state index contributed by atoms with van der Waals surface area (Å²) in [5.41, 5.74) is 11.2. The molecule has 8 heteroatoms. The van der Waals surface area contributed by atoms with Crippen molar-refractivity contribution in [3.05, 3.63) is 70.8 Å². The fraction of sp³-hybridized carbons (Fsp3) is 0.318. The Morgan fingerprint density at radius 2 is 2.13 bits per heavy atom. The first kappa shape index (κ1) is 20.6. The van der Waals surface area contributed by atoms with Gasteiger partial charge in [-0.05, 0) is 42.0 Å². The van der Waals surface area contributed by atoms with E-state index in [1.54, 1.807) is 28.9 Å². The molecule has 3 heterocycles. The van der Waals surface area contributed by atoms with E-state index in [9.17, 15) is 9.18 Å². The number of hydrogen-bond donors (Lipinski definition) is 1. The fourth-order valence-electron chi connectivity index (χ4n) is 3.99. The van der Waals surface area contributed by atoms with Gasteiger partial charge in [-0.15, -0.1) is 0 Å². The molecule has 0 unspecified atom stereocenters. The molecular formula is C22H24FN5OS. The number of fused-ring (bicyclic) bond motifs is 1. The van der Waals surface area contributed by atoms with Crippen LogP contribution in [0.3, 0.4) is 0 Å². The smallest absolute Gasteiger partial charge is 0.256 e. The molecule has 1 atom stereocenters. The lowest BCUT2D eigenvalue weighted by molar-refractivity contribution is 0.0708. The SMILES string of the molecule is CSCc1cnn(C)c1-c1cc2c(cn1)C(=O)N([C@H](CN)Cc1cccc(F)c1)C2. The molecule has 1 aliphatic heterocycles. The van der Waals surface area contributed by atoms with E-state index in [0.29, 0.717) is 25.1 Å². The summed E-state index contributed by atoms with van der Waals surface area (Å²) in [6.07, 6.45) is 6.07. The molecular weight excluding hydrogens is 401 g/mol. The number of halogens is 1. The van der Waals surface area contributed by atoms with E-state index in [-0.39, 0.29) is 17.8 Å². The van der Waals surface area contributed by atoms with Crippen molar-refractivity contribution >= 4 is 17.7 Å². The van der Waals surface area contributed by atoms with E-state index in [0.717, 1.165) is 33.8 Å². The molecule has 4 rings (SSSR count). The second kappa shape index (κ2) is 8.57. The third-order valence-corrected chi connectivity index (χ3v) is 6.05. The highest BCUT2D eigenvalue weighted by Crippen LogP contribution is 2.30. The van der Waals surface area contributed by atoms with Crippen molar-refractivity contribution in [2.75, 3.05) is 12.8 Å². The van der Waals surface area contributed by atoms with Crippen molar-refractivity contribution in [3.8, 4) is 11.4 Å². The number of aryl methyl sites for hydroxylation is 1. The molecule has 1 aliphatic rings. The molecule has 0 fully saturated rings. The summed E-state index contributed by atoms with van der Waals surface area (Å²) in [4.78, 5) is 19.4. The van der Waals surface area contributed by atoms with Crippen molar-refractivity contribution in [1.82, 2.24) is 19.7 Å². The van der Waals surface area contributed by atoms with E-state index < -0.39 is 0 Å². The van der Waals surface area contributed by atoms with Gasteiger partial charge in [-0.2, -0.15) is 16.9 Å². The Balaban J connectivity index is 1.60. The molecule has 1 amide bonds. The van der Waals surface area contributed by atoms with Crippen LogP contribution in [0, 0.1) is 5.82 Å². The molecule has 30 heavy (non-hydrogen) atoms. The molecule has 2 N–H and O–H groups in total. The molecule has 156 valence electrons. The summed E-state index contributed by atoms with van der Waals surface area (Å²) in [6, 6.07) is 8.20. The molecule has 2 aromatic heterocycles. The topological polar surface area (TPSA) is 77.0 Å². The summed E-state index contributed by atoms with van der Waals surface area (Å²) in [6.45, 7) is 0.771. The zero-order valence-corrected chi connectivity index (χ0v) is 17.8. The Kier molecular flexibility index (Phi) is 5.87. The van der Waals surface area contributed by atoms with Crippen LogP contribution < -0.4 is 5.73 Å². The quantitative estimate of drug-likeness (QED) is 0.630. The molecule has 0 bridgehead atoms. The largest absolute Gasteiger partial charge is 0.330 e. The summed E-state index contributed by atoms with van der Waals surface area (Å²) in [5, 5.41) is 4.37. The standard InChI is InChI=1S/C22H24FN5OS/c1-27-21(16(10-26-27)13-30-2)20-8-15-12-28(22(29)19(15)11-25-20)18(9-24)7-14-4-3-5-17(23)6-14/h3-6,8,10-11,18H,7,9,12-13,24H2,1-2H3/t18-/m0/s1. The van der Waals surface area contributed by atoms with Crippen LogP contribution in [0.1, 0.15) is 27.0 Å². The number of amides is 1. The number of thioether (sulfide) groups is 1. The Morgan fingerprint density at radius 1 is 1.30 bits per heavy atom. The van der Waals surface area contributed by atoms with Crippen molar-refractivity contribution in [2.24, 2.45) is 12.8 Å². The lowest BCUT2D eigenvalue weighted by Gasteiger charge is -2.26. The number of carbonyl (C=O) groups excluding carboxylic acids is 1. The summed E-state index contributed by atoms with van der Waals surface area (Å²) < 4.78 is 15.4. The molecule has 0 spiro atoms. The van der Waals surface area contributed by atoms with E-state index in [1.165, 1.54) is 12.1 Å². The monoisotopic (exact) mass is 425 g/mol. The number of hydrogen-bond acceptors (Lipinski definition) is 5. The van der Waals surface area contributed by atoms with Gasteiger partial charge in [0, 0.05) is 43.7 Å². The van der Waals surface area contributed by atoms with E-state index >= 15 is 0 Å². The minimum atomic E-state index is -0.287. The maximum absolute atomic E-state index is 13.6. The van der Waals surface area contributed by atoms with Gasteiger partial charge in [-0.1, -0.05) is 12.1 Å². The van der Waals surface area contributed by atoms with Crippen molar-refractivity contribution in [2.45, 2.75) is 24.8 Å². The predicted molar refractivity (Wildman–Crippen MR) is 116 cm³/mol. The van der Waals surface area contributed by atoms with Crippen molar-refractivity contribution in [1.29, 1.82) is 0 Å². The highest BCUT2D eigenvalue weighted by molar-refractivity contribution is 7.97. The average Bonchev–Trinajstić information content (AvgIpc) is 3.26. The van der Waals surface area contributed by atoms with Crippen LogP contribution in [0.4, 0.5) is 4.39 Å². The van der Waals surface area contributed by atoms with Gasteiger partial charge in [0.1, 0.15) is 5.82 Å². The lowest BCUT2D eigenvalue weighted by Crippen LogP contribution is -2.42. The first-order valence-corrected chi connectivity index (χ1v) is 11.2. The number of carbonyl (C=O) groups is 1. The number of nitrogens with zero attached hydrogens (tertiary/aromatic N) is 4. The van der Waals surface area contributed by atoms with E-state index in [1.807, 2.05) is 30.1 Å². The predicted octanol–water partition coefficient (Wildman–Crippen LogP) is 3.01. The van der Waals surface area contributed by atoms with Gasteiger partial charge in [-0.25, -0.2) is 4.39 Å². The zero-order valence-electron chi connectivity index (χ0n) is 17.0. The third-order valence-electron chi connectivity index (χ3n) is 5.45. The zero-order chi connectivity index (χ0) is 21.3. The summed E-state index contributed by atoms with van der Waals surface area (Å²) in [5.74, 6) is 0.478. The van der Waals surface area contributed by atoms with Gasteiger partial charge < -0.3 is 10.6 Å². The van der Waals surface area contributed by atoms with Crippen molar-refractivity contribution < 1.29 is 9.18 Å². The maximum atomic E-state index is 13.6. The van der Waals surface area contributed by atoms with Gasteiger partial charge in [-0.3, -0.25) is 14.5 Å². The Morgan fingerprint density at radius 3 is 2.87 bits per heavy atom. The van der Waals surface area contributed by atoms with Gasteiger partial charge in [0.2, 0.25) is 0 Å². The minimum absolute atomic E-state index is 0.0785. The number of benzene rings is 1. The molecule has 0 aliphatic carbocycles. The highest BCUT2D eigenvalue weighted by atomic mass is 32.2. The second-order valence-corrected chi connectivity index (χ2v) is 8.32. The average molecular weight is 426 g/mol. The molecule has 0 radical (unpaired) electrons. The highest BCUT2D eigenvalue weighted by Gasteiger charge is 2.33. The number of aromatic nitrogens is 3. The van der Waals surface area contributed by atoms with Gasteiger partial charge in [0.25, 0.3) is 5.91 Å². The molecule has 3 aromatic rings. The van der Waals surface area contributed by atoms with Crippen LogP contribution >= 0.6 is 11.8 Å². The molecule has 0 saturated heterocycles.